The summed E-state index contributed by atoms with van der Waals surface area (Å²) in [7, 11) is 0. The molecule has 1 aromatic carbocycles. The molecule has 0 aromatic heterocycles. The summed E-state index contributed by atoms with van der Waals surface area (Å²) in [4.78, 5) is 14.7. The maximum absolute atomic E-state index is 14.7. The fraction of sp³-hybridized carbons (Fsp3) is 0.732. The van der Waals surface area contributed by atoms with E-state index < -0.39 is 74.7 Å². The topological polar surface area (TPSA) is 188 Å². The Morgan fingerprint density at radius 1 is 0.902 bits per heavy atom. The summed E-state index contributed by atoms with van der Waals surface area (Å²) in [6, 6.07) is 4.31. The summed E-state index contributed by atoms with van der Waals surface area (Å²) in [6.07, 6.45) is 6.28. The van der Waals surface area contributed by atoms with Crippen LogP contribution in [0.2, 0.25) is 0 Å². The summed E-state index contributed by atoms with van der Waals surface area (Å²) in [5, 5.41) is 94.3. The maximum Gasteiger partial charge on any atom is 0.160 e. The van der Waals surface area contributed by atoms with E-state index in [2.05, 4.69) is 19.1 Å². The first kappa shape index (κ1) is 34.5. The molecule has 1 heterocycles. The lowest BCUT2D eigenvalue weighted by Crippen LogP contribution is -2.70. The molecule has 6 saturated carbocycles. The Labute approximate surface area is 298 Å². The number of fused-ring (bicyclic) bond motifs is 8. The van der Waals surface area contributed by atoms with Crippen molar-refractivity contribution < 1.29 is 50.4 Å². The summed E-state index contributed by atoms with van der Waals surface area (Å²) in [5.74, 6) is -3.78. The highest BCUT2D eigenvalue weighted by atomic mass is 16.6. The van der Waals surface area contributed by atoms with Crippen molar-refractivity contribution >= 4 is 5.78 Å². The molecular formula is C41H54O10. The third-order valence-corrected chi connectivity index (χ3v) is 17.5. The number of carbonyl (C=O) groups is 1. The number of carbonyl (C=O) groups excluding carboxylic acids is 1. The average molecular weight is 707 g/mol. The molecule has 8 N–H and O–H groups in total. The second-order valence-corrected chi connectivity index (χ2v) is 18.9. The second-order valence-electron chi connectivity index (χ2n) is 18.9. The van der Waals surface area contributed by atoms with Crippen molar-refractivity contribution in [2.24, 2.45) is 45.3 Å². The Bertz CT molecular complexity index is 1780. The summed E-state index contributed by atoms with van der Waals surface area (Å²) >= 11 is 0. The molecule has 11 rings (SSSR count). The monoisotopic (exact) mass is 706 g/mol. The van der Waals surface area contributed by atoms with Gasteiger partial charge in [0.15, 0.2) is 17.3 Å². The Kier molecular flexibility index (Phi) is 6.79. The van der Waals surface area contributed by atoms with Crippen LogP contribution in [0, 0.1) is 45.3 Å². The SMILES string of the molecule is C[C@@H]1[C@H](O)[C@@]2(O[C@H]3C[C@@]4(O)C5=CC(=O)[C@@H]6[C@@H](c7ccc(O)c(O)c7)[C@]7(O)CC[C@@]5(CC[C@]4(C)[C@H]3[C@]2(O)CCO)[C@@]6(C)C[C@@H]7O)[C@@H]2C=C[C@@]1(C)CC2. The third-order valence-electron chi connectivity index (χ3n) is 17.5. The average Bonchev–Trinajstić information content (AvgIpc) is 3.36. The molecule has 10 nitrogen and oxygen atoms in total. The fourth-order valence-electron chi connectivity index (χ4n) is 14.7. The minimum atomic E-state index is -1.70. The zero-order valence-corrected chi connectivity index (χ0v) is 30.0. The molecule has 1 saturated heterocycles. The van der Waals surface area contributed by atoms with Crippen LogP contribution < -0.4 is 0 Å². The van der Waals surface area contributed by atoms with Crippen LogP contribution in [0.15, 0.2) is 42.0 Å². The molecule has 51 heavy (non-hydrogen) atoms. The number of aromatic hydroxyl groups is 2. The fourth-order valence-corrected chi connectivity index (χ4v) is 14.7. The van der Waals surface area contributed by atoms with Crippen LogP contribution in [0.4, 0.5) is 0 Å². The van der Waals surface area contributed by atoms with Gasteiger partial charge in [-0.15, -0.1) is 0 Å². The Morgan fingerprint density at radius 3 is 2.29 bits per heavy atom. The van der Waals surface area contributed by atoms with Crippen molar-refractivity contribution in [2.75, 3.05) is 6.61 Å². The minimum absolute atomic E-state index is 0.0338. The van der Waals surface area contributed by atoms with E-state index in [0.717, 1.165) is 12.8 Å². The van der Waals surface area contributed by atoms with E-state index >= 15 is 0 Å². The largest absolute Gasteiger partial charge is 0.504 e. The first-order chi connectivity index (χ1) is 23.8. The zero-order chi connectivity index (χ0) is 36.5. The molecule has 0 amide bonds. The molecule has 278 valence electrons. The van der Waals surface area contributed by atoms with Gasteiger partial charge in [-0.25, -0.2) is 0 Å². The predicted molar refractivity (Wildman–Crippen MR) is 184 cm³/mol. The smallest absolute Gasteiger partial charge is 0.160 e. The number of hydrogen-bond donors (Lipinski definition) is 8. The van der Waals surface area contributed by atoms with E-state index in [-0.39, 0.29) is 66.8 Å². The van der Waals surface area contributed by atoms with Crippen molar-refractivity contribution in [1.29, 1.82) is 0 Å². The van der Waals surface area contributed by atoms with Crippen molar-refractivity contribution in [1.82, 2.24) is 0 Å². The number of hydrogen-bond acceptors (Lipinski definition) is 10. The predicted octanol–water partition coefficient (Wildman–Crippen LogP) is 3.37. The summed E-state index contributed by atoms with van der Waals surface area (Å²) in [6.45, 7) is 7.80. The van der Waals surface area contributed by atoms with Crippen LogP contribution in [0.5, 0.6) is 11.5 Å². The van der Waals surface area contributed by atoms with Gasteiger partial charge in [0.1, 0.15) is 11.2 Å². The van der Waals surface area contributed by atoms with Gasteiger partial charge in [0.05, 0.1) is 29.5 Å². The van der Waals surface area contributed by atoms with Crippen molar-refractivity contribution in [3.8, 4) is 11.5 Å². The van der Waals surface area contributed by atoms with Gasteiger partial charge in [-0.3, -0.25) is 4.79 Å². The van der Waals surface area contributed by atoms with Crippen LogP contribution in [0.1, 0.15) is 97.0 Å². The van der Waals surface area contributed by atoms with Crippen LogP contribution in [-0.4, -0.2) is 94.0 Å². The van der Waals surface area contributed by atoms with Crippen LogP contribution in [0.3, 0.4) is 0 Å². The highest BCUT2D eigenvalue weighted by Crippen LogP contribution is 2.80. The number of allylic oxidation sites excluding steroid dienone is 2. The number of ketones is 1. The first-order valence-corrected chi connectivity index (χ1v) is 19.1. The van der Waals surface area contributed by atoms with E-state index in [1.165, 1.54) is 12.1 Å². The molecule has 1 aromatic rings. The van der Waals surface area contributed by atoms with Gasteiger partial charge >= 0.3 is 0 Å². The van der Waals surface area contributed by atoms with Gasteiger partial charge in [-0.1, -0.05) is 45.9 Å². The molecule has 1 aliphatic heterocycles. The van der Waals surface area contributed by atoms with Gasteiger partial charge in [0.25, 0.3) is 0 Å². The van der Waals surface area contributed by atoms with Crippen LogP contribution in [0.25, 0.3) is 0 Å². The number of aliphatic hydroxyl groups excluding tert-OH is 3. The molecule has 0 unspecified atom stereocenters. The highest BCUT2D eigenvalue weighted by Gasteiger charge is 2.84. The van der Waals surface area contributed by atoms with Crippen molar-refractivity contribution in [3.63, 3.8) is 0 Å². The lowest BCUT2D eigenvalue weighted by Gasteiger charge is -2.67. The molecular weight excluding hydrogens is 652 g/mol. The Hall–Kier alpha value is -2.31. The van der Waals surface area contributed by atoms with E-state index in [1.54, 1.807) is 12.1 Å². The molecule has 7 fully saturated rings. The molecule has 10 heteroatoms. The second kappa shape index (κ2) is 10.1. The lowest BCUT2D eigenvalue weighted by atomic mass is 9.38. The molecule has 2 spiro atoms. The number of benzene rings is 1. The van der Waals surface area contributed by atoms with Gasteiger partial charge < -0.3 is 45.6 Å². The minimum Gasteiger partial charge on any atom is -0.504 e. The van der Waals surface area contributed by atoms with Gasteiger partial charge in [0, 0.05) is 54.0 Å². The van der Waals surface area contributed by atoms with E-state index in [9.17, 15) is 45.6 Å². The Balaban J connectivity index is 1.19. The van der Waals surface area contributed by atoms with E-state index in [4.69, 9.17) is 4.74 Å². The number of phenolic OH excluding ortho intramolecular Hbond substituents is 2. The number of rotatable bonds is 3. The highest BCUT2D eigenvalue weighted by molar-refractivity contribution is 5.96. The molecule has 0 radical (unpaired) electrons. The van der Waals surface area contributed by atoms with Crippen molar-refractivity contribution in [2.45, 2.75) is 132 Å². The Morgan fingerprint density at radius 2 is 1.63 bits per heavy atom. The molecule has 9 aliphatic carbocycles. The third kappa shape index (κ3) is 3.58. The van der Waals surface area contributed by atoms with E-state index in [0.29, 0.717) is 30.4 Å². The number of aliphatic hydroxyl groups is 6. The number of phenols is 2. The molecule has 16 atom stereocenters. The van der Waals surface area contributed by atoms with E-state index in [1.807, 2.05) is 20.8 Å². The first-order valence-electron chi connectivity index (χ1n) is 19.1. The molecule has 10 aliphatic rings. The van der Waals surface area contributed by atoms with Gasteiger partial charge in [0.2, 0.25) is 0 Å². The van der Waals surface area contributed by atoms with Crippen molar-refractivity contribution in [3.05, 3.63) is 47.6 Å². The zero-order valence-electron chi connectivity index (χ0n) is 30.0. The van der Waals surface area contributed by atoms with Crippen LogP contribution >= 0.6 is 0 Å². The standard InChI is InChI=1S/C41H54O10/c1-21-33(47)41(23-7-9-34(21,2)10-8-23)39(49,15-16-42)32-27(51-41)19-40(50)28-18-26(45)31-30(22-5-6-24(43)25(44)17-22)38(48)14-13-37(28,12-11-35(32,40)3)36(31,4)20-29(38)46/h5-7,9,17-18,21,23,27,29-33,42-44,46-50H,8,10-16,19-20H2,1-4H3/t21-,23-,27+,29+,30-,31-,32+,33+,34+,35-,36+,37-,38+,39-,40-,41+/m1/s1. The van der Waals surface area contributed by atoms with Crippen LogP contribution in [-0.2, 0) is 9.53 Å². The van der Waals surface area contributed by atoms with Gasteiger partial charge in [-0.05, 0) is 91.0 Å². The number of ether oxygens (including phenoxy) is 1. The van der Waals surface area contributed by atoms with Gasteiger partial charge in [-0.2, -0.15) is 0 Å². The lowest BCUT2D eigenvalue weighted by molar-refractivity contribution is -0.247. The summed E-state index contributed by atoms with van der Waals surface area (Å²) < 4.78 is 7.13. The quantitative estimate of drug-likeness (QED) is 0.171. The summed E-state index contributed by atoms with van der Waals surface area (Å²) in [5.41, 5.74) is -8.29. The normalized spacial score (nSPS) is 56.4. The molecule has 6 bridgehead atoms. The maximum atomic E-state index is 14.7.